The summed E-state index contributed by atoms with van der Waals surface area (Å²) < 4.78 is 5.71. The number of H-pyrrole nitrogens is 1. The van der Waals surface area contributed by atoms with Crippen molar-refractivity contribution in [2.75, 3.05) is 33.3 Å². The highest BCUT2D eigenvalue weighted by Gasteiger charge is 2.52. The number of piperazine rings is 1. The monoisotopic (exact) mass is 602 g/mol. The van der Waals surface area contributed by atoms with E-state index in [0.717, 1.165) is 54.7 Å². The van der Waals surface area contributed by atoms with Crippen LogP contribution in [0.25, 0.3) is 11.4 Å². The van der Waals surface area contributed by atoms with Crippen LogP contribution in [0.3, 0.4) is 0 Å². The number of ether oxygens (including phenoxy) is 1. The van der Waals surface area contributed by atoms with E-state index in [4.69, 9.17) is 9.72 Å². The van der Waals surface area contributed by atoms with E-state index in [0.29, 0.717) is 0 Å². The molecule has 0 saturated carbocycles. The number of aromatic nitrogens is 2. The topological polar surface area (TPSA) is 53.2 Å². The molecule has 0 amide bonds. The third kappa shape index (κ3) is 6.19. The number of aromatic amines is 1. The molecule has 1 unspecified atom stereocenters. The van der Waals surface area contributed by atoms with Gasteiger partial charge >= 0.3 is 0 Å². The normalized spacial score (nSPS) is 14.9. The molecule has 2 heterocycles. The van der Waals surface area contributed by atoms with Crippen molar-refractivity contribution in [3.05, 3.63) is 107 Å². The zero-order valence-electron chi connectivity index (χ0n) is 23.6. The van der Waals surface area contributed by atoms with Gasteiger partial charge in [-0.3, -0.25) is 4.90 Å². The Morgan fingerprint density at radius 1 is 0.800 bits per heavy atom. The molecule has 1 aromatic heterocycles. The summed E-state index contributed by atoms with van der Waals surface area (Å²) in [5.41, 5.74) is 5.44. The van der Waals surface area contributed by atoms with E-state index >= 15 is 0 Å². The molecule has 0 aliphatic carbocycles. The van der Waals surface area contributed by atoms with Gasteiger partial charge in [-0.2, -0.15) is 0 Å². The van der Waals surface area contributed by atoms with Crippen LogP contribution in [0.4, 0.5) is 0 Å². The number of benzene rings is 3. The summed E-state index contributed by atoms with van der Waals surface area (Å²) in [6, 6.07) is 30.1. The van der Waals surface area contributed by atoms with E-state index in [-0.39, 0.29) is 54.6 Å². The molecular formula is C32H41Cl3N4O. The van der Waals surface area contributed by atoms with Crippen LogP contribution in [-0.2, 0) is 5.54 Å². The SMILES string of the molecule is COc1ccccc1-c1nc(C(C(C)C)(C(c2ccccc2)c2ccccc2)N2CCNCC2)c(C)[nH]1.Cl.Cl.Cl. The minimum absolute atomic E-state index is 0. The fraction of sp³-hybridized carbons (Fsp3) is 0.344. The molecular weight excluding hydrogens is 563 g/mol. The Hall–Kier alpha value is -2.54. The lowest BCUT2D eigenvalue weighted by Gasteiger charge is -2.53. The summed E-state index contributed by atoms with van der Waals surface area (Å²) in [6.45, 7) is 10.7. The van der Waals surface area contributed by atoms with Gasteiger partial charge in [0, 0.05) is 37.8 Å². The van der Waals surface area contributed by atoms with E-state index in [2.05, 4.69) is 103 Å². The molecule has 1 fully saturated rings. The van der Waals surface area contributed by atoms with E-state index in [1.807, 2.05) is 18.2 Å². The summed E-state index contributed by atoms with van der Waals surface area (Å²) in [4.78, 5) is 11.8. The Bertz CT molecular complexity index is 1270. The molecule has 3 aromatic carbocycles. The van der Waals surface area contributed by atoms with Crippen LogP contribution in [0.1, 0.15) is 42.3 Å². The Balaban J connectivity index is 0.00000187. The number of para-hydroxylation sites is 1. The minimum Gasteiger partial charge on any atom is -0.496 e. The van der Waals surface area contributed by atoms with E-state index in [1.54, 1.807) is 7.11 Å². The number of nitrogens with one attached hydrogen (secondary N) is 2. The number of hydrogen-bond acceptors (Lipinski definition) is 4. The first-order chi connectivity index (χ1) is 18.1. The number of hydrogen-bond donors (Lipinski definition) is 2. The summed E-state index contributed by atoms with van der Waals surface area (Å²) >= 11 is 0. The van der Waals surface area contributed by atoms with Crippen LogP contribution in [0.5, 0.6) is 5.75 Å². The summed E-state index contributed by atoms with van der Waals surface area (Å²) in [6.07, 6.45) is 0. The molecule has 40 heavy (non-hydrogen) atoms. The first kappa shape index (κ1) is 33.7. The molecule has 4 aromatic rings. The molecule has 5 rings (SSSR count). The fourth-order valence-electron chi connectivity index (χ4n) is 6.29. The average Bonchev–Trinajstić information content (AvgIpc) is 3.34. The van der Waals surface area contributed by atoms with Gasteiger partial charge in [-0.25, -0.2) is 4.98 Å². The third-order valence-corrected chi connectivity index (χ3v) is 7.85. The molecule has 1 saturated heterocycles. The van der Waals surface area contributed by atoms with Crippen molar-refractivity contribution < 1.29 is 4.74 Å². The maximum atomic E-state index is 5.71. The van der Waals surface area contributed by atoms with Gasteiger partial charge < -0.3 is 15.0 Å². The van der Waals surface area contributed by atoms with Crippen LogP contribution in [0.2, 0.25) is 0 Å². The molecule has 0 bridgehead atoms. The molecule has 1 aliphatic heterocycles. The quantitative estimate of drug-likeness (QED) is 0.223. The van der Waals surface area contributed by atoms with Gasteiger partial charge in [-0.1, -0.05) is 86.6 Å². The van der Waals surface area contributed by atoms with Crippen molar-refractivity contribution >= 4 is 37.2 Å². The second kappa shape index (κ2) is 14.9. The number of imidazole rings is 1. The fourth-order valence-corrected chi connectivity index (χ4v) is 6.29. The van der Waals surface area contributed by atoms with Crippen molar-refractivity contribution in [2.24, 2.45) is 5.92 Å². The van der Waals surface area contributed by atoms with Crippen LogP contribution in [-0.4, -0.2) is 48.2 Å². The van der Waals surface area contributed by atoms with Gasteiger partial charge in [0.25, 0.3) is 0 Å². The van der Waals surface area contributed by atoms with Crippen LogP contribution >= 0.6 is 37.2 Å². The zero-order chi connectivity index (χ0) is 25.8. The van der Waals surface area contributed by atoms with Crippen molar-refractivity contribution in [1.82, 2.24) is 20.2 Å². The maximum absolute atomic E-state index is 5.71. The van der Waals surface area contributed by atoms with Crippen LogP contribution < -0.4 is 10.1 Å². The predicted octanol–water partition coefficient (Wildman–Crippen LogP) is 7.25. The molecule has 0 spiro atoms. The standard InChI is InChI=1S/C32H38N4O.3ClH/c1-23(2)32(36-21-19-33-20-22-36,29(25-13-7-5-8-14-25)26-15-9-6-10-16-26)30-24(3)34-31(35-30)27-17-11-12-18-28(27)37-4;;;/h5-18,23,29,33H,19-22H2,1-4H3,(H,34,35);3*1H. The van der Waals surface area contributed by atoms with Gasteiger partial charge in [0.15, 0.2) is 0 Å². The maximum Gasteiger partial charge on any atom is 0.141 e. The van der Waals surface area contributed by atoms with Gasteiger partial charge in [-0.05, 0) is 36.1 Å². The lowest BCUT2D eigenvalue weighted by Crippen LogP contribution is -2.60. The highest BCUT2D eigenvalue weighted by atomic mass is 35.5. The number of methoxy groups -OCH3 is 1. The molecule has 2 N–H and O–H groups in total. The first-order valence-corrected chi connectivity index (χ1v) is 13.3. The third-order valence-electron chi connectivity index (χ3n) is 7.85. The van der Waals surface area contributed by atoms with E-state index in [1.165, 1.54) is 11.1 Å². The summed E-state index contributed by atoms with van der Waals surface area (Å²) in [7, 11) is 1.72. The van der Waals surface area contributed by atoms with Gasteiger partial charge in [0.05, 0.1) is 23.9 Å². The Morgan fingerprint density at radius 3 is 1.85 bits per heavy atom. The molecule has 0 radical (unpaired) electrons. The number of nitrogens with zero attached hydrogens (tertiary/aromatic N) is 2. The molecule has 8 heteroatoms. The molecule has 216 valence electrons. The van der Waals surface area contributed by atoms with Gasteiger partial charge in [-0.15, -0.1) is 37.2 Å². The predicted molar refractivity (Wildman–Crippen MR) is 173 cm³/mol. The van der Waals surface area contributed by atoms with Crippen LogP contribution in [0, 0.1) is 12.8 Å². The van der Waals surface area contributed by atoms with Crippen molar-refractivity contribution in [2.45, 2.75) is 32.2 Å². The highest BCUT2D eigenvalue weighted by Crippen LogP contribution is 2.51. The average molecular weight is 604 g/mol. The first-order valence-electron chi connectivity index (χ1n) is 13.3. The van der Waals surface area contributed by atoms with E-state index in [9.17, 15) is 0 Å². The minimum atomic E-state index is -0.369. The summed E-state index contributed by atoms with van der Waals surface area (Å²) in [5, 5.41) is 3.57. The van der Waals surface area contributed by atoms with Crippen molar-refractivity contribution in [1.29, 1.82) is 0 Å². The van der Waals surface area contributed by atoms with E-state index < -0.39 is 0 Å². The van der Waals surface area contributed by atoms with Gasteiger partial charge in [0.1, 0.15) is 11.6 Å². The lowest BCUT2D eigenvalue weighted by atomic mass is 9.65. The van der Waals surface area contributed by atoms with Gasteiger partial charge in [0.2, 0.25) is 0 Å². The molecule has 1 atom stereocenters. The zero-order valence-corrected chi connectivity index (χ0v) is 26.0. The highest BCUT2D eigenvalue weighted by molar-refractivity contribution is 5.86. The summed E-state index contributed by atoms with van der Waals surface area (Å²) in [5.74, 6) is 2.05. The Kier molecular flexibility index (Phi) is 12.5. The van der Waals surface area contributed by atoms with Crippen molar-refractivity contribution in [3.8, 4) is 17.1 Å². The number of rotatable bonds is 8. The second-order valence-electron chi connectivity index (χ2n) is 10.2. The smallest absolute Gasteiger partial charge is 0.141 e. The lowest BCUT2D eigenvalue weighted by molar-refractivity contribution is 0.0108. The number of aryl methyl sites for hydroxylation is 1. The van der Waals surface area contributed by atoms with Crippen LogP contribution in [0.15, 0.2) is 84.9 Å². The largest absolute Gasteiger partial charge is 0.496 e. The Morgan fingerprint density at radius 2 is 1.32 bits per heavy atom. The molecule has 5 nitrogen and oxygen atoms in total. The Labute approximate surface area is 257 Å². The van der Waals surface area contributed by atoms with Crippen molar-refractivity contribution in [3.63, 3.8) is 0 Å². The second-order valence-corrected chi connectivity index (χ2v) is 10.2. The number of halogens is 3. The molecule has 1 aliphatic rings.